The molecule has 1 heterocycles. The van der Waals surface area contributed by atoms with Crippen molar-refractivity contribution in [3.05, 3.63) is 99.8 Å². The molecule has 174 valence electrons. The number of benzene rings is 3. The predicted molar refractivity (Wildman–Crippen MR) is 123 cm³/mol. The first-order valence-electron chi connectivity index (χ1n) is 10.1. The molecular weight excluding hydrogens is 469 g/mol. The Hall–Kier alpha value is -3.71. The van der Waals surface area contributed by atoms with Gasteiger partial charge in [-0.05, 0) is 53.1 Å². The van der Waals surface area contributed by atoms with Gasteiger partial charge in [0.15, 0.2) is 0 Å². The van der Waals surface area contributed by atoms with Gasteiger partial charge in [-0.15, -0.1) is 0 Å². The van der Waals surface area contributed by atoms with Crippen LogP contribution in [0.25, 0.3) is 17.2 Å². The number of esters is 1. The van der Waals surface area contributed by atoms with Crippen LogP contribution in [0.4, 0.5) is 13.2 Å². The van der Waals surface area contributed by atoms with Crippen LogP contribution in [0.15, 0.2) is 72.5 Å². The number of methoxy groups -OCH3 is 2. The van der Waals surface area contributed by atoms with Crippen LogP contribution in [0.2, 0.25) is 5.02 Å². The zero-order valence-corrected chi connectivity index (χ0v) is 18.8. The highest BCUT2D eigenvalue weighted by Gasteiger charge is 2.35. The summed E-state index contributed by atoms with van der Waals surface area (Å²) in [6.45, 7) is 0. The highest BCUT2D eigenvalue weighted by Crippen LogP contribution is 2.43. The summed E-state index contributed by atoms with van der Waals surface area (Å²) in [6, 6.07) is 17.3. The zero-order valence-electron chi connectivity index (χ0n) is 18.1. The quantitative estimate of drug-likeness (QED) is 0.368. The van der Waals surface area contributed by atoms with Crippen molar-refractivity contribution in [3.63, 3.8) is 0 Å². The average Bonchev–Trinajstić information content (AvgIpc) is 3.15. The topological polar surface area (TPSA) is 44.8 Å². The Balaban J connectivity index is 1.92. The minimum atomic E-state index is -4.62. The van der Waals surface area contributed by atoms with Gasteiger partial charge in [-0.3, -0.25) is 0 Å². The molecular formula is C26H18ClF3O4. The lowest BCUT2D eigenvalue weighted by Crippen LogP contribution is -2.06. The first-order chi connectivity index (χ1) is 16.2. The van der Waals surface area contributed by atoms with Gasteiger partial charge in [0.2, 0.25) is 0 Å². The molecule has 0 saturated carbocycles. The maximum Gasteiger partial charge on any atom is 0.417 e. The van der Waals surface area contributed by atoms with E-state index in [9.17, 15) is 18.0 Å². The van der Waals surface area contributed by atoms with Gasteiger partial charge in [-0.2, -0.15) is 13.2 Å². The summed E-state index contributed by atoms with van der Waals surface area (Å²) in [6.07, 6.45) is -3.29. The summed E-state index contributed by atoms with van der Waals surface area (Å²) >= 11 is 6.08. The number of carbonyl (C=O) groups excluding carboxylic acids is 1. The van der Waals surface area contributed by atoms with E-state index < -0.39 is 22.7 Å². The van der Waals surface area contributed by atoms with Crippen molar-refractivity contribution < 1.29 is 32.2 Å². The third-order valence-electron chi connectivity index (χ3n) is 5.28. The van der Waals surface area contributed by atoms with E-state index in [1.54, 1.807) is 48.5 Å². The predicted octanol–water partition coefficient (Wildman–Crippen LogP) is 6.88. The fourth-order valence-corrected chi connectivity index (χ4v) is 3.90. The second-order valence-corrected chi connectivity index (χ2v) is 7.69. The maximum atomic E-state index is 13.3. The number of hydrogen-bond donors (Lipinski definition) is 0. The van der Waals surface area contributed by atoms with Crippen molar-refractivity contribution in [2.45, 2.75) is 6.18 Å². The second-order valence-electron chi connectivity index (χ2n) is 7.31. The van der Waals surface area contributed by atoms with E-state index >= 15 is 0 Å². The van der Waals surface area contributed by atoms with Gasteiger partial charge in [-0.1, -0.05) is 48.0 Å². The van der Waals surface area contributed by atoms with Gasteiger partial charge in [0.1, 0.15) is 17.3 Å². The highest BCUT2D eigenvalue weighted by molar-refractivity contribution is 6.34. The van der Waals surface area contributed by atoms with Crippen molar-refractivity contribution in [2.24, 2.45) is 0 Å². The summed E-state index contributed by atoms with van der Waals surface area (Å²) < 4.78 is 56.0. The monoisotopic (exact) mass is 486 g/mol. The number of alkyl halides is 3. The molecule has 0 fully saturated rings. The van der Waals surface area contributed by atoms with E-state index in [1.165, 1.54) is 32.4 Å². The van der Waals surface area contributed by atoms with Crippen LogP contribution in [0.3, 0.4) is 0 Å². The number of allylic oxidation sites excluding steroid dienone is 1. The Kier molecular flexibility index (Phi) is 6.39. The summed E-state index contributed by atoms with van der Waals surface area (Å²) in [5.74, 6) is 0.660. The normalized spacial score (nSPS) is 15.0. The SMILES string of the molecule is COc1ccc(C2=C(c3ccc(OC)cc3)/C(=C/c3cccc(C(F)(F)F)c3Cl)OC2=O)cc1. The van der Waals surface area contributed by atoms with E-state index in [4.69, 9.17) is 25.8 Å². The van der Waals surface area contributed by atoms with Crippen molar-refractivity contribution in [1.29, 1.82) is 0 Å². The van der Waals surface area contributed by atoms with Crippen molar-refractivity contribution in [1.82, 2.24) is 0 Å². The smallest absolute Gasteiger partial charge is 0.417 e. The summed E-state index contributed by atoms with van der Waals surface area (Å²) in [5.41, 5.74) is 0.968. The zero-order chi connectivity index (χ0) is 24.5. The number of halogens is 4. The average molecular weight is 487 g/mol. The van der Waals surface area contributed by atoms with Crippen LogP contribution in [-0.4, -0.2) is 20.2 Å². The Morgan fingerprint density at radius 1 is 0.824 bits per heavy atom. The van der Waals surface area contributed by atoms with Crippen LogP contribution in [-0.2, 0) is 15.7 Å². The van der Waals surface area contributed by atoms with E-state index in [2.05, 4.69) is 0 Å². The molecule has 3 aromatic carbocycles. The molecule has 8 heteroatoms. The molecule has 0 aromatic heterocycles. The molecule has 1 aliphatic rings. The summed E-state index contributed by atoms with van der Waals surface area (Å²) in [4.78, 5) is 13.0. The number of hydrogen-bond acceptors (Lipinski definition) is 4. The van der Waals surface area contributed by atoms with Crippen molar-refractivity contribution >= 4 is 34.8 Å². The summed E-state index contributed by atoms with van der Waals surface area (Å²) in [7, 11) is 3.06. The van der Waals surface area contributed by atoms with Gasteiger partial charge >= 0.3 is 12.1 Å². The first-order valence-corrected chi connectivity index (χ1v) is 10.4. The lowest BCUT2D eigenvalue weighted by Gasteiger charge is -2.12. The number of carbonyl (C=O) groups is 1. The van der Waals surface area contributed by atoms with E-state index in [0.29, 0.717) is 28.2 Å². The van der Waals surface area contributed by atoms with Gasteiger partial charge in [-0.25, -0.2) is 4.79 Å². The number of rotatable bonds is 5. The van der Waals surface area contributed by atoms with E-state index in [-0.39, 0.29) is 16.9 Å². The third-order valence-corrected chi connectivity index (χ3v) is 5.70. The second kappa shape index (κ2) is 9.27. The molecule has 4 nitrogen and oxygen atoms in total. The Bertz CT molecular complexity index is 1290. The van der Waals surface area contributed by atoms with Gasteiger partial charge < -0.3 is 14.2 Å². The fraction of sp³-hybridized carbons (Fsp3) is 0.115. The van der Waals surface area contributed by atoms with E-state index in [0.717, 1.165) is 6.07 Å². The molecule has 4 rings (SSSR count). The molecule has 0 spiro atoms. The number of cyclic esters (lactones) is 1. The molecule has 0 bridgehead atoms. The van der Waals surface area contributed by atoms with Crippen LogP contribution in [0.5, 0.6) is 11.5 Å². The molecule has 0 atom stereocenters. The molecule has 3 aromatic rings. The van der Waals surface area contributed by atoms with Crippen LogP contribution < -0.4 is 9.47 Å². The standard InChI is InChI=1S/C26H18ClF3O4/c1-32-18-10-6-15(7-11-18)22-21(14-17-4-3-5-20(24(17)27)26(28,29)30)34-25(31)23(22)16-8-12-19(33-2)13-9-16/h3-14H,1-2H3/b21-14-. The largest absolute Gasteiger partial charge is 0.497 e. The summed E-state index contributed by atoms with van der Waals surface area (Å²) in [5, 5.41) is -0.481. The Morgan fingerprint density at radius 2 is 1.35 bits per heavy atom. The highest BCUT2D eigenvalue weighted by atomic mass is 35.5. The lowest BCUT2D eigenvalue weighted by molar-refractivity contribution is -0.137. The molecule has 0 unspecified atom stereocenters. The lowest BCUT2D eigenvalue weighted by atomic mass is 9.94. The molecule has 0 aliphatic carbocycles. The molecule has 1 aliphatic heterocycles. The third kappa shape index (κ3) is 4.52. The first kappa shape index (κ1) is 23.4. The number of ether oxygens (including phenoxy) is 3. The molecule has 0 N–H and O–H groups in total. The Labute approximate surface area is 198 Å². The Morgan fingerprint density at radius 3 is 1.85 bits per heavy atom. The minimum Gasteiger partial charge on any atom is -0.497 e. The van der Waals surface area contributed by atoms with Gasteiger partial charge in [0.05, 0.1) is 30.4 Å². The minimum absolute atomic E-state index is 0.0706. The molecule has 0 radical (unpaired) electrons. The van der Waals surface area contributed by atoms with Crippen LogP contribution in [0, 0.1) is 0 Å². The maximum absolute atomic E-state index is 13.3. The van der Waals surface area contributed by atoms with Gasteiger partial charge in [0.25, 0.3) is 0 Å². The van der Waals surface area contributed by atoms with Crippen LogP contribution in [0.1, 0.15) is 22.3 Å². The molecule has 34 heavy (non-hydrogen) atoms. The van der Waals surface area contributed by atoms with Gasteiger partial charge in [0, 0.05) is 5.57 Å². The van der Waals surface area contributed by atoms with Crippen LogP contribution >= 0.6 is 11.6 Å². The fourth-order valence-electron chi connectivity index (χ4n) is 3.61. The molecule has 0 amide bonds. The van der Waals surface area contributed by atoms with Crippen molar-refractivity contribution in [2.75, 3.05) is 14.2 Å². The molecule has 0 saturated heterocycles. The van der Waals surface area contributed by atoms with Crippen molar-refractivity contribution in [3.8, 4) is 11.5 Å². The van der Waals surface area contributed by atoms with E-state index in [1.807, 2.05) is 0 Å².